The van der Waals surface area contributed by atoms with Crippen LogP contribution in [0.3, 0.4) is 0 Å². The first-order valence-electron chi connectivity index (χ1n) is 6.11. The molecule has 0 fully saturated rings. The second kappa shape index (κ2) is 12.4. The topological polar surface area (TPSA) is 36.9 Å². The van der Waals surface area contributed by atoms with Crippen molar-refractivity contribution in [1.82, 2.24) is 10.2 Å². The van der Waals surface area contributed by atoms with Crippen molar-refractivity contribution in [1.29, 1.82) is 0 Å². The number of halogens is 1. The molecule has 0 aromatic heterocycles. The maximum Gasteiger partial charge on any atom is 0.193 e. The summed E-state index contributed by atoms with van der Waals surface area (Å²) in [5.74, 6) is 1.56. The summed E-state index contributed by atoms with van der Waals surface area (Å²) >= 11 is 0. The molecule has 0 aliphatic carbocycles. The number of nitrogens with one attached hydrogen (secondary N) is 1. The van der Waals surface area contributed by atoms with Crippen LogP contribution in [0.5, 0.6) is 0 Å². The Morgan fingerprint density at radius 3 is 2.47 bits per heavy atom. The van der Waals surface area contributed by atoms with Crippen LogP contribution in [0.1, 0.15) is 27.2 Å². The van der Waals surface area contributed by atoms with E-state index in [9.17, 15) is 0 Å². The fourth-order valence-electron chi connectivity index (χ4n) is 1.18. The first-order valence-corrected chi connectivity index (χ1v) is 6.11. The third kappa shape index (κ3) is 12.2. The van der Waals surface area contributed by atoms with Crippen LogP contribution in [0, 0.1) is 5.92 Å². The Morgan fingerprint density at radius 1 is 1.35 bits per heavy atom. The van der Waals surface area contributed by atoms with Gasteiger partial charge in [0, 0.05) is 40.4 Å². The van der Waals surface area contributed by atoms with Gasteiger partial charge in [0.2, 0.25) is 0 Å². The second-order valence-electron chi connectivity index (χ2n) is 4.45. The highest BCUT2D eigenvalue weighted by molar-refractivity contribution is 14.0. The van der Waals surface area contributed by atoms with Crippen molar-refractivity contribution >= 4 is 29.9 Å². The highest BCUT2D eigenvalue weighted by Gasteiger charge is 1.98. The molecule has 0 unspecified atom stereocenters. The maximum atomic E-state index is 5.49. The van der Waals surface area contributed by atoms with E-state index in [2.05, 4.69) is 31.1 Å². The quantitative estimate of drug-likeness (QED) is 0.329. The lowest BCUT2D eigenvalue weighted by atomic mass is 10.2. The van der Waals surface area contributed by atoms with E-state index in [1.54, 1.807) is 0 Å². The van der Waals surface area contributed by atoms with Crippen LogP contribution in [-0.4, -0.2) is 51.3 Å². The van der Waals surface area contributed by atoms with Gasteiger partial charge in [-0.2, -0.15) is 0 Å². The number of rotatable bonds is 7. The molecular formula is C12H28IN3O. The smallest absolute Gasteiger partial charge is 0.193 e. The van der Waals surface area contributed by atoms with Crippen LogP contribution < -0.4 is 5.32 Å². The van der Waals surface area contributed by atoms with Crippen molar-refractivity contribution in [2.75, 3.05) is 40.4 Å². The zero-order chi connectivity index (χ0) is 12.4. The van der Waals surface area contributed by atoms with E-state index in [1.807, 2.05) is 19.0 Å². The zero-order valence-corrected chi connectivity index (χ0v) is 14.2. The summed E-state index contributed by atoms with van der Waals surface area (Å²) < 4.78 is 5.49. The predicted molar refractivity (Wildman–Crippen MR) is 85.4 cm³/mol. The van der Waals surface area contributed by atoms with Gasteiger partial charge in [0.1, 0.15) is 0 Å². The lowest BCUT2D eigenvalue weighted by Gasteiger charge is -2.16. The number of hydrogen-bond donors (Lipinski definition) is 1. The second-order valence-corrected chi connectivity index (χ2v) is 4.45. The fraction of sp³-hybridized carbons (Fsp3) is 0.917. The van der Waals surface area contributed by atoms with Crippen molar-refractivity contribution in [2.45, 2.75) is 27.2 Å². The molecule has 0 bridgehead atoms. The number of aliphatic imine (C=N–C) groups is 1. The molecule has 0 rings (SSSR count). The molecule has 0 saturated heterocycles. The molecule has 5 heteroatoms. The molecule has 0 aromatic carbocycles. The van der Waals surface area contributed by atoms with E-state index in [1.165, 1.54) is 0 Å². The molecular weight excluding hydrogens is 329 g/mol. The number of guanidine groups is 1. The van der Waals surface area contributed by atoms with Crippen LogP contribution in [0.2, 0.25) is 0 Å². The largest absolute Gasteiger partial charge is 0.381 e. The number of hydrogen-bond acceptors (Lipinski definition) is 2. The average Bonchev–Trinajstić information content (AvgIpc) is 2.20. The molecule has 0 heterocycles. The Morgan fingerprint density at radius 2 is 2.00 bits per heavy atom. The van der Waals surface area contributed by atoms with E-state index in [-0.39, 0.29) is 24.0 Å². The standard InChI is InChI=1S/C12H27N3O.HI/c1-6-13-12(15(4)5)14-8-7-9-16-10-11(2)3;/h11H,6-10H2,1-5H3,(H,13,14);1H. The first kappa shape index (κ1) is 19.3. The minimum atomic E-state index is 0. The maximum absolute atomic E-state index is 5.49. The fourth-order valence-corrected chi connectivity index (χ4v) is 1.18. The van der Waals surface area contributed by atoms with Crippen LogP contribution >= 0.6 is 24.0 Å². The summed E-state index contributed by atoms with van der Waals surface area (Å²) in [6, 6.07) is 0. The Labute approximate surface area is 123 Å². The van der Waals surface area contributed by atoms with Gasteiger partial charge in [-0.1, -0.05) is 13.8 Å². The van der Waals surface area contributed by atoms with Crippen molar-refractivity contribution < 1.29 is 4.74 Å². The molecule has 0 saturated carbocycles. The summed E-state index contributed by atoms with van der Waals surface area (Å²) in [4.78, 5) is 6.48. The molecule has 0 spiro atoms. The Hall–Kier alpha value is -0.0400. The Bertz CT molecular complexity index is 196. The Kier molecular flexibility index (Phi) is 14.1. The van der Waals surface area contributed by atoms with Crippen LogP contribution in [-0.2, 0) is 4.74 Å². The highest BCUT2D eigenvalue weighted by Crippen LogP contribution is 1.94. The first-order chi connectivity index (χ1) is 7.57. The van der Waals surface area contributed by atoms with Gasteiger partial charge in [0.05, 0.1) is 0 Å². The SMILES string of the molecule is CCNC(=NCCCOCC(C)C)N(C)C.I. The van der Waals surface area contributed by atoms with Crippen LogP contribution in [0.15, 0.2) is 4.99 Å². The third-order valence-electron chi connectivity index (χ3n) is 1.92. The summed E-state index contributed by atoms with van der Waals surface area (Å²) in [6.45, 7) is 9.76. The molecule has 0 aliphatic rings. The van der Waals surface area contributed by atoms with Crippen LogP contribution in [0.25, 0.3) is 0 Å². The van der Waals surface area contributed by atoms with Crippen molar-refractivity contribution in [3.8, 4) is 0 Å². The minimum absolute atomic E-state index is 0. The zero-order valence-electron chi connectivity index (χ0n) is 11.8. The molecule has 0 amide bonds. The highest BCUT2D eigenvalue weighted by atomic mass is 127. The lowest BCUT2D eigenvalue weighted by Crippen LogP contribution is -2.36. The van der Waals surface area contributed by atoms with E-state index in [4.69, 9.17) is 4.74 Å². The molecule has 0 radical (unpaired) electrons. The van der Waals surface area contributed by atoms with Gasteiger partial charge in [-0.3, -0.25) is 4.99 Å². The molecule has 104 valence electrons. The number of nitrogens with zero attached hydrogens (tertiary/aromatic N) is 2. The Balaban J connectivity index is 0. The molecule has 1 N–H and O–H groups in total. The molecule has 4 nitrogen and oxygen atoms in total. The summed E-state index contributed by atoms with van der Waals surface area (Å²) in [5.41, 5.74) is 0. The van der Waals surface area contributed by atoms with E-state index in [0.717, 1.165) is 38.7 Å². The van der Waals surface area contributed by atoms with Gasteiger partial charge >= 0.3 is 0 Å². The van der Waals surface area contributed by atoms with Gasteiger partial charge in [0.25, 0.3) is 0 Å². The van der Waals surface area contributed by atoms with E-state index >= 15 is 0 Å². The van der Waals surface area contributed by atoms with Gasteiger partial charge in [-0.25, -0.2) is 0 Å². The number of ether oxygens (including phenoxy) is 1. The van der Waals surface area contributed by atoms with Crippen molar-refractivity contribution in [2.24, 2.45) is 10.9 Å². The van der Waals surface area contributed by atoms with E-state index < -0.39 is 0 Å². The van der Waals surface area contributed by atoms with Gasteiger partial charge in [-0.15, -0.1) is 24.0 Å². The normalized spacial score (nSPS) is 11.3. The molecule has 0 aliphatic heterocycles. The average molecular weight is 357 g/mol. The predicted octanol–water partition coefficient (Wildman–Crippen LogP) is 2.19. The van der Waals surface area contributed by atoms with Gasteiger partial charge in [0.15, 0.2) is 5.96 Å². The van der Waals surface area contributed by atoms with Crippen LogP contribution in [0.4, 0.5) is 0 Å². The summed E-state index contributed by atoms with van der Waals surface area (Å²) in [5, 5.41) is 3.23. The third-order valence-corrected chi connectivity index (χ3v) is 1.92. The monoisotopic (exact) mass is 357 g/mol. The minimum Gasteiger partial charge on any atom is -0.381 e. The van der Waals surface area contributed by atoms with Gasteiger partial charge in [-0.05, 0) is 19.3 Å². The lowest BCUT2D eigenvalue weighted by molar-refractivity contribution is 0.109. The molecule has 0 atom stereocenters. The summed E-state index contributed by atoms with van der Waals surface area (Å²) in [7, 11) is 3.99. The van der Waals surface area contributed by atoms with Crippen molar-refractivity contribution in [3.63, 3.8) is 0 Å². The summed E-state index contributed by atoms with van der Waals surface area (Å²) in [6.07, 6.45) is 0.982. The molecule has 17 heavy (non-hydrogen) atoms. The van der Waals surface area contributed by atoms with E-state index in [0.29, 0.717) is 5.92 Å². The molecule has 0 aromatic rings. The van der Waals surface area contributed by atoms with Crippen molar-refractivity contribution in [3.05, 3.63) is 0 Å². The van der Waals surface area contributed by atoms with Gasteiger partial charge < -0.3 is 15.0 Å².